The topological polar surface area (TPSA) is 51.8 Å². The van der Waals surface area contributed by atoms with Gasteiger partial charge in [0.05, 0.1) is 5.75 Å². The van der Waals surface area contributed by atoms with E-state index in [-0.39, 0.29) is 11.9 Å². The predicted molar refractivity (Wildman–Crippen MR) is 75.3 cm³/mol. The molecule has 5 heteroatoms. The molecule has 1 atom stereocenters. The van der Waals surface area contributed by atoms with Gasteiger partial charge in [0.15, 0.2) is 0 Å². The van der Waals surface area contributed by atoms with Crippen LogP contribution in [-0.2, 0) is 12.2 Å². The van der Waals surface area contributed by atoms with Gasteiger partial charge in [0, 0.05) is 29.2 Å². The van der Waals surface area contributed by atoms with Crippen molar-refractivity contribution in [3.8, 4) is 0 Å². The molecule has 0 aliphatic rings. The van der Waals surface area contributed by atoms with Crippen molar-refractivity contribution in [2.75, 3.05) is 0 Å². The van der Waals surface area contributed by atoms with Crippen molar-refractivity contribution >= 4 is 11.8 Å². The molecule has 100 valence electrons. The number of hydrogen-bond acceptors (Lipinski definition) is 4. The number of benzene rings is 1. The van der Waals surface area contributed by atoms with Crippen molar-refractivity contribution in [2.45, 2.75) is 30.0 Å². The van der Waals surface area contributed by atoms with Crippen molar-refractivity contribution in [3.63, 3.8) is 0 Å². The van der Waals surface area contributed by atoms with Gasteiger partial charge in [-0.15, -0.1) is 11.8 Å². The van der Waals surface area contributed by atoms with Crippen LogP contribution in [0.4, 0.5) is 4.39 Å². The van der Waals surface area contributed by atoms with E-state index < -0.39 is 0 Å². The van der Waals surface area contributed by atoms with Crippen LogP contribution in [0, 0.1) is 5.82 Å². The first-order valence-electron chi connectivity index (χ1n) is 6.08. The molecule has 3 nitrogen and oxygen atoms in total. The van der Waals surface area contributed by atoms with Crippen LogP contribution in [0.5, 0.6) is 0 Å². The number of rotatable bonds is 5. The fourth-order valence-corrected chi connectivity index (χ4v) is 2.46. The Morgan fingerprint density at radius 3 is 2.95 bits per heavy atom. The summed E-state index contributed by atoms with van der Waals surface area (Å²) in [6.45, 7) is 1.95. The molecule has 19 heavy (non-hydrogen) atoms. The summed E-state index contributed by atoms with van der Waals surface area (Å²) in [6, 6.07) is 8.48. The predicted octanol–water partition coefficient (Wildman–Crippen LogP) is 2.80. The molecule has 0 spiro atoms. The van der Waals surface area contributed by atoms with Crippen LogP contribution in [0.2, 0.25) is 0 Å². The quantitative estimate of drug-likeness (QED) is 0.854. The molecule has 0 amide bonds. The van der Waals surface area contributed by atoms with Crippen LogP contribution < -0.4 is 5.73 Å². The Morgan fingerprint density at radius 2 is 2.21 bits per heavy atom. The van der Waals surface area contributed by atoms with E-state index in [4.69, 9.17) is 5.73 Å². The van der Waals surface area contributed by atoms with Crippen LogP contribution >= 0.6 is 11.8 Å². The third-order valence-corrected chi connectivity index (χ3v) is 3.45. The molecule has 0 saturated heterocycles. The third kappa shape index (κ3) is 4.61. The van der Waals surface area contributed by atoms with Gasteiger partial charge >= 0.3 is 0 Å². The van der Waals surface area contributed by atoms with Gasteiger partial charge in [-0.05, 0) is 31.2 Å². The van der Waals surface area contributed by atoms with Gasteiger partial charge in [0.2, 0.25) is 0 Å². The van der Waals surface area contributed by atoms with E-state index in [1.165, 1.54) is 23.9 Å². The van der Waals surface area contributed by atoms with Crippen LogP contribution in [-0.4, -0.2) is 16.0 Å². The highest BCUT2D eigenvalue weighted by Crippen LogP contribution is 2.21. The molecule has 2 rings (SSSR count). The van der Waals surface area contributed by atoms with Crippen molar-refractivity contribution in [1.82, 2.24) is 9.97 Å². The molecule has 1 aromatic carbocycles. The van der Waals surface area contributed by atoms with Crippen molar-refractivity contribution in [2.24, 2.45) is 5.73 Å². The molecule has 0 fully saturated rings. The number of nitrogens with two attached hydrogens (primary N) is 1. The first-order valence-corrected chi connectivity index (χ1v) is 7.07. The van der Waals surface area contributed by atoms with Gasteiger partial charge in [-0.3, -0.25) is 0 Å². The summed E-state index contributed by atoms with van der Waals surface area (Å²) >= 11 is 1.52. The lowest BCUT2D eigenvalue weighted by molar-refractivity contribution is 0.624. The molecular weight excluding hydrogens is 261 g/mol. The zero-order valence-corrected chi connectivity index (χ0v) is 11.5. The molecule has 0 bridgehead atoms. The van der Waals surface area contributed by atoms with E-state index in [0.29, 0.717) is 5.75 Å². The summed E-state index contributed by atoms with van der Waals surface area (Å²) in [7, 11) is 0. The van der Waals surface area contributed by atoms with E-state index in [0.717, 1.165) is 22.8 Å². The molecule has 0 radical (unpaired) electrons. The van der Waals surface area contributed by atoms with Crippen LogP contribution in [0.15, 0.2) is 41.4 Å². The highest BCUT2D eigenvalue weighted by atomic mass is 32.2. The van der Waals surface area contributed by atoms with Crippen LogP contribution in [0.1, 0.15) is 18.4 Å². The SMILES string of the molecule is CC(N)Cc1ccnc(CSc2cccc(F)c2)n1. The van der Waals surface area contributed by atoms with Gasteiger partial charge < -0.3 is 5.73 Å². The number of thioether (sulfide) groups is 1. The van der Waals surface area contributed by atoms with E-state index in [1.54, 1.807) is 12.3 Å². The van der Waals surface area contributed by atoms with Gasteiger partial charge in [0.25, 0.3) is 0 Å². The smallest absolute Gasteiger partial charge is 0.138 e. The summed E-state index contributed by atoms with van der Waals surface area (Å²) in [4.78, 5) is 9.54. The van der Waals surface area contributed by atoms with E-state index in [1.807, 2.05) is 19.1 Å². The van der Waals surface area contributed by atoms with E-state index in [2.05, 4.69) is 9.97 Å². The Bertz CT molecular complexity index is 546. The average molecular weight is 277 g/mol. The first-order chi connectivity index (χ1) is 9.13. The second kappa shape index (κ2) is 6.63. The molecule has 0 aliphatic carbocycles. The lowest BCUT2D eigenvalue weighted by atomic mass is 10.2. The van der Waals surface area contributed by atoms with Crippen molar-refractivity contribution < 1.29 is 4.39 Å². The Hall–Kier alpha value is -1.46. The van der Waals surface area contributed by atoms with Crippen molar-refractivity contribution in [3.05, 3.63) is 53.9 Å². The third-order valence-electron chi connectivity index (χ3n) is 2.46. The first kappa shape index (κ1) is 14.0. The molecular formula is C14H16FN3S. The van der Waals surface area contributed by atoms with Gasteiger partial charge in [-0.2, -0.15) is 0 Å². The molecule has 2 N–H and O–H groups in total. The molecule has 0 aliphatic heterocycles. The Labute approximate surface area is 116 Å². The second-order valence-corrected chi connectivity index (χ2v) is 5.44. The monoisotopic (exact) mass is 277 g/mol. The fraction of sp³-hybridized carbons (Fsp3) is 0.286. The summed E-state index contributed by atoms with van der Waals surface area (Å²) in [5.74, 6) is 1.14. The second-order valence-electron chi connectivity index (χ2n) is 4.39. The number of hydrogen-bond donors (Lipinski definition) is 1. The average Bonchev–Trinajstić information content (AvgIpc) is 2.36. The van der Waals surface area contributed by atoms with Gasteiger partial charge in [-0.25, -0.2) is 14.4 Å². The highest BCUT2D eigenvalue weighted by Gasteiger charge is 2.04. The summed E-state index contributed by atoms with van der Waals surface area (Å²) < 4.78 is 13.0. The van der Waals surface area contributed by atoms with E-state index in [9.17, 15) is 4.39 Å². The number of halogens is 1. The standard InChI is InChI=1S/C14H16FN3S/c1-10(16)7-12-5-6-17-14(18-12)9-19-13-4-2-3-11(15)8-13/h2-6,8,10H,7,9,16H2,1H3. The maximum atomic E-state index is 13.0. The van der Waals surface area contributed by atoms with Gasteiger partial charge in [-0.1, -0.05) is 6.07 Å². The summed E-state index contributed by atoms with van der Waals surface area (Å²) in [6.07, 6.45) is 2.48. The lowest BCUT2D eigenvalue weighted by Gasteiger charge is -2.06. The summed E-state index contributed by atoms with van der Waals surface area (Å²) in [5.41, 5.74) is 6.69. The zero-order chi connectivity index (χ0) is 13.7. The maximum absolute atomic E-state index is 13.0. The highest BCUT2D eigenvalue weighted by molar-refractivity contribution is 7.98. The molecule has 0 saturated carbocycles. The Kier molecular flexibility index (Phi) is 4.87. The minimum absolute atomic E-state index is 0.0821. The normalized spacial score (nSPS) is 12.4. The fourth-order valence-electron chi connectivity index (χ4n) is 1.66. The molecule has 2 aromatic rings. The number of aromatic nitrogens is 2. The zero-order valence-electron chi connectivity index (χ0n) is 10.7. The molecule has 1 unspecified atom stereocenters. The Morgan fingerprint density at radius 1 is 1.37 bits per heavy atom. The van der Waals surface area contributed by atoms with Crippen LogP contribution in [0.3, 0.4) is 0 Å². The minimum atomic E-state index is -0.225. The van der Waals surface area contributed by atoms with E-state index >= 15 is 0 Å². The van der Waals surface area contributed by atoms with Crippen LogP contribution in [0.25, 0.3) is 0 Å². The largest absolute Gasteiger partial charge is 0.328 e. The Balaban J connectivity index is 1.99. The maximum Gasteiger partial charge on any atom is 0.138 e. The number of nitrogens with zero attached hydrogens (tertiary/aromatic N) is 2. The summed E-state index contributed by atoms with van der Waals surface area (Å²) in [5, 5.41) is 0. The molecule has 1 heterocycles. The van der Waals surface area contributed by atoms with Gasteiger partial charge in [0.1, 0.15) is 11.6 Å². The minimum Gasteiger partial charge on any atom is -0.328 e. The molecule has 1 aromatic heterocycles. The van der Waals surface area contributed by atoms with Crippen molar-refractivity contribution in [1.29, 1.82) is 0 Å². The lowest BCUT2D eigenvalue weighted by Crippen LogP contribution is -2.18.